The number of imide groups is 1. The Labute approximate surface area is 189 Å². The number of benzene rings is 2. The molecule has 1 aliphatic heterocycles. The van der Waals surface area contributed by atoms with Crippen molar-refractivity contribution in [3.63, 3.8) is 0 Å². The number of fused-ring (bicyclic) bond motifs is 2. The standard InChI is InChI=1S/C25H21N3O5/c29-17-8-5-15(6-9-17)13-16-7-10-19-22(18-3-1-2-4-20(18)27-23(16)19)24(31)33-14-21(30)28-12-11-26-25(28)32/h1-6,8-9,13,29H,7,10-12,14H2,(H,26,32)/b16-13+. The van der Waals surface area contributed by atoms with Crippen LogP contribution in [0.1, 0.15) is 33.6 Å². The van der Waals surface area contributed by atoms with Crippen LogP contribution in [0.4, 0.5) is 4.79 Å². The molecule has 2 N–H and O–H groups in total. The van der Waals surface area contributed by atoms with Gasteiger partial charge >= 0.3 is 12.0 Å². The molecule has 166 valence electrons. The van der Waals surface area contributed by atoms with E-state index in [9.17, 15) is 19.5 Å². The lowest BCUT2D eigenvalue weighted by molar-refractivity contribution is -0.130. The third-order valence-electron chi connectivity index (χ3n) is 5.86. The van der Waals surface area contributed by atoms with Crippen molar-refractivity contribution in [2.24, 2.45) is 0 Å². The fourth-order valence-electron chi connectivity index (χ4n) is 4.27. The molecule has 1 aliphatic carbocycles. The Morgan fingerprint density at radius 2 is 1.91 bits per heavy atom. The first kappa shape index (κ1) is 20.7. The van der Waals surface area contributed by atoms with Crippen LogP contribution < -0.4 is 5.32 Å². The third-order valence-corrected chi connectivity index (χ3v) is 5.86. The normalized spacial score (nSPS) is 16.2. The summed E-state index contributed by atoms with van der Waals surface area (Å²) >= 11 is 0. The molecular weight excluding hydrogens is 422 g/mol. The van der Waals surface area contributed by atoms with Gasteiger partial charge in [-0.25, -0.2) is 14.6 Å². The molecule has 5 rings (SSSR count). The summed E-state index contributed by atoms with van der Waals surface area (Å²) in [6, 6.07) is 13.7. The van der Waals surface area contributed by atoms with Crippen LogP contribution in [0, 0.1) is 0 Å². The van der Waals surface area contributed by atoms with Crippen LogP contribution in [0.5, 0.6) is 5.75 Å². The molecule has 3 amide bonds. The zero-order chi connectivity index (χ0) is 22.9. The van der Waals surface area contributed by atoms with Crippen molar-refractivity contribution in [2.75, 3.05) is 19.7 Å². The van der Waals surface area contributed by atoms with Gasteiger partial charge in [0.25, 0.3) is 5.91 Å². The number of carbonyl (C=O) groups excluding carboxylic acids is 3. The van der Waals surface area contributed by atoms with E-state index in [0.717, 1.165) is 27.3 Å². The fourth-order valence-corrected chi connectivity index (χ4v) is 4.27. The van der Waals surface area contributed by atoms with E-state index in [2.05, 4.69) is 5.32 Å². The Balaban J connectivity index is 1.48. The number of hydrogen-bond donors (Lipinski definition) is 2. The summed E-state index contributed by atoms with van der Waals surface area (Å²) < 4.78 is 5.37. The Kier molecular flexibility index (Phi) is 5.26. The van der Waals surface area contributed by atoms with Crippen LogP contribution in [0.3, 0.4) is 0 Å². The number of urea groups is 1. The molecule has 33 heavy (non-hydrogen) atoms. The predicted molar refractivity (Wildman–Crippen MR) is 121 cm³/mol. The van der Waals surface area contributed by atoms with Crippen LogP contribution in [-0.4, -0.2) is 52.6 Å². The lowest BCUT2D eigenvalue weighted by atomic mass is 10.0. The second-order valence-corrected chi connectivity index (χ2v) is 7.95. The third kappa shape index (κ3) is 3.91. The summed E-state index contributed by atoms with van der Waals surface area (Å²) in [5, 5.41) is 12.7. The number of nitrogens with zero attached hydrogens (tertiary/aromatic N) is 2. The zero-order valence-electron chi connectivity index (χ0n) is 17.7. The highest BCUT2D eigenvalue weighted by atomic mass is 16.5. The molecule has 8 nitrogen and oxygen atoms in total. The monoisotopic (exact) mass is 443 g/mol. The minimum absolute atomic E-state index is 0.194. The van der Waals surface area contributed by atoms with Crippen LogP contribution >= 0.6 is 0 Å². The number of allylic oxidation sites excluding steroid dienone is 1. The molecule has 3 aromatic rings. The Bertz CT molecular complexity index is 1310. The number of rotatable bonds is 4. The highest BCUT2D eigenvalue weighted by Crippen LogP contribution is 2.37. The summed E-state index contributed by atoms with van der Waals surface area (Å²) in [6.07, 6.45) is 3.31. The van der Waals surface area contributed by atoms with Crippen molar-refractivity contribution in [3.8, 4) is 5.75 Å². The smallest absolute Gasteiger partial charge is 0.339 e. The fraction of sp³-hybridized carbons (Fsp3) is 0.200. The summed E-state index contributed by atoms with van der Waals surface area (Å²) in [7, 11) is 0. The first-order chi connectivity index (χ1) is 16.0. The molecule has 0 radical (unpaired) electrons. The number of aromatic nitrogens is 1. The van der Waals surface area contributed by atoms with Gasteiger partial charge in [-0.3, -0.25) is 9.69 Å². The van der Waals surface area contributed by atoms with E-state index in [-0.39, 0.29) is 12.3 Å². The second kappa shape index (κ2) is 8.38. The quantitative estimate of drug-likeness (QED) is 0.600. The molecule has 0 spiro atoms. The van der Waals surface area contributed by atoms with Crippen molar-refractivity contribution in [1.82, 2.24) is 15.2 Å². The number of nitrogens with one attached hydrogen (secondary N) is 1. The van der Waals surface area contributed by atoms with E-state index < -0.39 is 24.5 Å². The van der Waals surface area contributed by atoms with Gasteiger partial charge in [0, 0.05) is 18.5 Å². The average Bonchev–Trinajstić information content (AvgIpc) is 3.43. The number of ether oxygens (including phenoxy) is 1. The van der Waals surface area contributed by atoms with Crippen molar-refractivity contribution >= 4 is 40.5 Å². The van der Waals surface area contributed by atoms with E-state index in [1.165, 1.54) is 0 Å². The molecule has 2 heterocycles. The Morgan fingerprint density at radius 3 is 2.67 bits per heavy atom. The van der Waals surface area contributed by atoms with Crippen molar-refractivity contribution in [2.45, 2.75) is 12.8 Å². The maximum atomic E-state index is 13.2. The summed E-state index contributed by atoms with van der Waals surface area (Å²) in [5.41, 5.74) is 4.49. The number of para-hydroxylation sites is 1. The molecule has 1 saturated heterocycles. The number of carbonyl (C=O) groups is 3. The Hall–Kier alpha value is -4.20. The maximum Gasteiger partial charge on any atom is 0.339 e. The van der Waals surface area contributed by atoms with E-state index in [4.69, 9.17) is 9.72 Å². The van der Waals surface area contributed by atoms with Crippen LogP contribution in [0.15, 0.2) is 48.5 Å². The first-order valence-electron chi connectivity index (χ1n) is 10.7. The zero-order valence-corrected chi connectivity index (χ0v) is 17.7. The van der Waals surface area contributed by atoms with E-state index in [0.29, 0.717) is 35.9 Å². The molecule has 0 atom stereocenters. The SMILES string of the molecule is O=C(OCC(=O)N1CCNC1=O)c1c2c(nc3ccccc13)/C(=C/c1ccc(O)cc1)CC2. The maximum absolute atomic E-state index is 13.2. The molecule has 8 heteroatoms. The van der Waals surface area contributed by atoms with E-state index in [1.807, 2.05) is 42.5 Å². The Morgan fingerprint density at radius 1 is 1.12 bits per heavy atom. The molecule has 0 saturated carbocycles. The summed E-state index contributed by atoms with van der Waals surface area (Å²) in [6.45, 7) is 0.138. The van der Waals surface area contributed by atoms with Crippen LogP contribution in [0.25, 0.3) is 22.6 Å². The van der Waals surface area contributed by atoms with Gasteiger partial charge in [-0.15, -0.1) is 0 Å². The number of phenolic OH excluding ortho intramolecular Hbond substituents is 1. The highest BCUT2D eigenvalue weighted by Gasteiger charge is 2.30. The van der Waals surface area contributed by atoms with E-state index >= 15 is 0 Å². The number of phenols is 1. The number of aromatic hydroxyl groups is 1. The lowest BCUT2D eigenvalue weighted by Crippen LogP contribution is -2.37. The number of esters is 1. The van der Waals surface area contributed by atoms with Gasteiger partial charge in [-0.1, -0.05) is 30.3 Å². The minimum Gasteiger partial charge on any atom is -0.508 e. The summed E-state index contributed by atoms with van der Waals surface area (Å²) in [5.74, 6) is -0.968. The van der Waals surface area contributed by atoms with Gasteiger partial charge in [0.05, 0.1) is 16.8 Å². The van der Waals surface area contributed by atoms with Gasteiger partial charge in [-0.2, -0.15) is 0 Å². The lowest BCUT2D eigenvalue weighted by Gasteiger charge is -2.14. The molecule has 2 aromatic carbocycles. The van der Waals surface area contributed by atoms with Gasteiger partial charge in [0.2, 0.25) is 0 Å². The molecular formula is C25H21N3O5. The molecule has 2 aliphatic rings. The van der Waals surface area contributed by atoms with Crippen molar-refractivity contribution < 1.29 is 24.2 Å². The number of amides is 3. The average molecular weight is 443 g/mol. The van der Waals surface area contributed by atoms with Gasteiger partial charge in [-0.05, 0) is 53.8 Å². The first-order valence-corrected chi connectivity index (χ1v) is 10.7. The van der Waals surface area contributed by atoms with Crippen LogP contribution in [-0.2, 0) is 16.0 Å². The van der Waals surface area contributed by atoms with Gasteiger partial charge in [0.15, 0.2) is 6.61 Å². The second-order valence-electron chi connectivity index (χ2n) is 7.95. The largest absolute Gasteiger partial charge is 0.508 e. The molecule has 0 bridgehead atoms. The van der Waals surface area contributed by atoms with Crippen molar-refractivity contribution in [3.05, 3.63) is 70.9 Å². The summed E-state index contributed by atoms with van der Waals surface area (Å²) in [4.78, 5) is 43.0. The van der Waals surface area contributed by atoms with Gasteiger partial charge < -0.3 is 15.2 Å². The minimum atomic E-state index is -0.608. The number of hydrogen-bond acceptors (Lipinski definition) is 6. The van der Waals surface area contributed by atoms with E-state index in [1.54, 1.807) is 12.1 Å². The predicted octanol–water partition coefficient (Wildman–Crippen LogP) is 3.14. The highest BCUT2D eigenvalue weighted by molar-refractivity contribution is 6.08. The number of pyridine rings is 1. The molecule has 1 fully saturated rings. The van der Waals surface area contributed by atoms with Crippen molar-refractivity contribution in [1.29, 1.82) is 0 Å². The molecule has 1 aromatic heterocycles. The van der Waals surface area contributed by atoms with Gasteiger partial charge in [0.1, 0.15) is 5.75 Å². The molecule has 0 unspecified atom stereocenters. The van der Waals surface area contributed by atoms with Crippen LogP contribution in [0.2, 0.25) is 0 Å². The topological polar surface area (TPSA) is 109 Å².